The lowest BCUT2D eigenvalue weighted by Crippen LogP contribution is -2.38. The highest BCUT2D eigenvalue weighted by molar-refractivity contribution is 5.49. The average molecular weight is 511 g/mol. The zero-order valence-corrected chi connectivity index (χ0v) is 21.8. The maximum atomic E-state index is 10.9. The van der Waals surface area contributed by atoms with Gasteiger partial charge in [0, 0.05) is 6.42 Å². The Morgan fingerprint density at radius 3 is 1.74 bits per heavy atom. The molecule has 1 saturated heterocycles. The largest absolute Gasteiger partial charge is 0.497 e. The summed E-state index contributed by atoms with van der Waals surface area (Å²) in [4.78, 5) is 0. The third kappa shape index (κ3) is 5.46. The first-order valence-electron chi connectivity index (χ1n) is 13.0. The van der Waals surface area contributed by atoms with Crippen molar-refractivity contribution in [1.29, 1.82) is 0 Å². The van der Waals surface area contributed by atoms with E-state index >= 15 is 0 Å². The fourth-order valence-corrected chi connectivity index (χ4v) is 5.25. The highest BCUT2D eigenvalue weighted by Crippen LogP contribution is 2.42. The molecule has 0 amide bonds. The number of rotatable bonds is 10. The van der Waals surface area contributed by atoms with Gasteiger partial charge in [0.15, 0.2) is 0 Å². The van der Waals surface area contributed by atoms with Crippen molar-refractivity contribution < 1.29 is 24.1 Å². The third-order valence-corrected chi connectivity index (χ3v) is 7.24. The Bertz CT molecular complexity index is 1230. The lowest BCUT2D eigenvalue weighted by molar-refractivity contribution is -0.0820. The zero-order chi connectivity index (χ0) is 26.4. The van der Waals surface area contributed by atoms with Gasteiger partial charge in [-0.05, 0) is 52.9 Å². The van der Waals surface area contributed by atoms with Crippen LogP contribution in [0.5, 0.6) is 11.5 Å². The van der Waals surface area contributed by atoms with Crippen LogP contribution in [0.4, 0.5) is 0 Å². The Labute approximate surface area is 224 Å². The van der Waals surface area contributed by atoms with E-state index in [1.165, 1.54) is 5.56 Å². The molecule has 0 bridgehead atoms. The third-order valence-electron chi connectivity index (χ3n) is 7.24. The van der Waals surface area contributed by atoms with Crippen LogP contribution in [0.3, 0.4) is 0 Å². The summed E-state index contributed by atoms with van der Waals surface area (Å²) in [5, 5.41) is 10.9. The SMILES string of the molecule is COc1ccc(C(OC[C@H]2O[C@H](Cc3ccccc3)C[C@@H]2O)(c2ccccc2)c2ccc(OC)cc2)cc1. The van der Waals surface area contributed by atoms with E-state index in [-0.39, 0.29) is 12.7 Å². The molecule has 5 heteroatoms. The van der Waals surface area contributed by atoms with Crippen molar-refractivity contribution in [2.45, 2.75) is 36.8 Å². The summed E-state index contributed by atoms with van der Waals surface area (Å²) >= 11 is 0. The van der Waals surface area contributed by atoms with E-state index in [1.807, 2.05) is 84.9 Å². The van der Waals surface area contributed by atoms with Crippen LogP contribution in [0.2, 0.25) is 0 Å². The highest BCUT2D eigenvalue weighted by Gasteiger charge is 2.41. The molecule has 5 nitrogen and oxygen atoms in total. The van der Waals surface area contributed by atoms with Crippen molar-refractivity contribution in [2.24, 2.45) is 0 Å². The van der Waals surface area contributed by atoms with Crippen molar-refractivity contribution in [3.05, 3.63) is 131 Å². The van der Waals surface area contributed by atoms with Crippen molar-refractivity contribution in [3.63, 3.8) is 0 Å². The van der Waals surface area contributed by atoms with Gasteiger partial charge in [-0.25, -0.2) is 0 Å². The minimum absolute atomic E-state index is 0.0610. The quantitative estimate of drug-likeness (QED) is 0.274. The second-order valence-electron chi connectivity index (χ2n) is 9.60. The van der Waals surface area contributed by atoms with Crippen LogP contribution in [-0.4, -0.2) is 44.2 Å². The van der Waals surface area contributed by atoms with E-state index in [1.54, 1.807) is 14.2 Å². The summed E-state index contributed by atoms with van der Waals surface area (Å²) < 4.78 is 24.1. The lowest BCUT2D eigenvalue weighted by atomic mass is 9.80. The Balaban J connectivity index is 1.49. The van der Waals surface area contributed by atoms with Crippen LogP contribution in [0.15, 0.2) is 109 Å². The standard InChI is InChI=1S/C33H34O5/c1-35-28-17-13-26(14-18-28)33(25-11-7-4-8-12-25,27-15-19-29(36-2)20-16-27)37-23-32-31(34)22-30(38-32)21-24-9-5-3-6-10-24/h3-20,30-32,34H,21-23H2,1-2H3/t30-,31+,32-/m1/s1. The maximum Gasteiger partial charge on any atom is 0.143 e. The number of hydrogen-bond acceptors (Lipinski definition) is 5. The van der Waals surface area contributed by atoms with Crippen LogP contribution in [-0.2, 0) is 21.5 Å². The van der Waals surface area contributed by atoms with Crippen LogP contribution < -0.4 is 9.47 Å². The molecule has 38 heavy (non-hydrogen) atoms. The molecule has 196 valence electrons. The van der Waals surface area contributed by atoms with Gasteiger partial charge in [-0.2, -0.15) is 0 Å². The van der Waals surface area contributed by atoms with Crippen molar-refractivity contribution in [1.82, 2.24) is 0 Å². The van der Waals surface area contributed by atoms with Gasteiger partial charge in [0.2, 0.25) is 0 Å². The first-order valence-corrected chi connectivity index (χ1v) is 13.0. The number of aliphatic hydroxyl groups excluding tert-OH is 1. The summed E-state index contributed by atoms with van der Waals surface area (Å²) in [5.41, 5.74) is 3.12. The average Bonchev–Trinajstić information content (AvgIpc) is 3.33. The van der Waals surface area contributed by atoms with Gasteiger partial charge >= 0.3 is 0 Å². The van der Waals surface area contributed by atoms with Gasteiger partial charge in [0.25, 0.3) is 0 Å². The summed E-state index contributed by atoms with van der Waals surface area (Å²) in [6.45, 7) is 0.222. The van der Waals surface area contributed by atoms with E-state index in [4.69, 9.17) is 18.9 Å². The molecule has 1 aliphatic heterocycles. The Morgan fingerprint density at radius 1 is 0.711 bits per heavy atom. The number of aliphatic hydroxyl groups is 1. The highest BCUT2D eigenvalue weighted by atomic mass is 16.6. The first-order chi connectivity index (χ1) is 18.6. The number of hydrogen-bond donors (Lipinski definition) is 1. The van der Waals surface area contributed by atoms with Crippen LogP contribution in [0.25, 0.3) is 0 Å². The van der Waals surface area contributed by atoms with E-state index in [2.05, 4.69) is 24.3 Å². The summed E-state index contributed by atoms with van der Waals surface area (Å²) in [6, 6.07) is 36.3. The molecule has 1 heterocycles. The molecular weight excluding hydrogens is 476 g/mol. The Morgan fingerprint density at radius 2 is 1.21 bits per heavy atom. The van der Waals surface area contributed by atoms with Crippen LogP contribution in [0, 0.1) is 0 Å². The van der Waals surface area contributed by atoms with Gasteiger partial charge in [0.1, 0.15) is 23.2 Å². The first kappa shape index (κ1) is 26.0. The molecule has 1 aliphatic rings. The molecule has 4 aromatic rings. The Hall–Kier alpha value is -3.64. The zero-order valence-electron chi connectivity index (χ0n) is 21.8. The second-order valence-corrected chi connectivity index (χ2v) is 9.60. The molecule has 5 rings (SSSR count). The monoisotopic (exact) mass is 510 g/mol. The number of ether oxygens (including phenoxy) is 4. The van der Waals surface area contributed by atoms with Crippen molar-refractivity contribution >= 4 is 0 Å². The number of methoxy groups -OCH3 is 2. The van der Waals surface area contributed by atoms with Crippen LogP contribution in [0.1, 0.15) is 28.7 Å². The second kappa shape index (κ2) is 11.8. The van der Waals surface area contributed by atoms with Gasteiger partial charge < -0.3 is 24.1 Å². The molecular formula is C33H34O5. The molecule has 4 aromatic carbocycles. The maximum absolute atomic E-state index is 10.9. The van der Waals surface area contributed by atoms with E-state index in [0.717, 1.165) is 34.6 Å². The predicted molar refractivity (Wildman–Crippen MR) is 148 cm³/mol. The molecule has 0 unspecified atom stereocenters. The van der Waals surface area contributed by atoms with Gasteiger partial charge in [-0.15, -0.1) is 0 Å². The summed E-state index contributed by atoms with van der Waals surface area (Å²) in [6.07, 6.45) is 0.225. The summed E-state index contributed by atoms with van der Waals surface area (Å²) in [5.74, 6) is 1.53. The van der Waals surface area contributed by atoms with Gasteiger partial charge in [-0.1, -0.05) is 84.9 Å². The van der Waals surface area contributed by atoms with E-state index in [9.17, 15) is 5.11 Å². The van der Waals surface area contributed by atoms with Crippen LogP contribution >= 0.6 is 0 Å². The fraction of sp³-hybridized carbons (Fsp3) is 0.273. The van der Waals surface area contributed by atoms with E-state index in [0.29, 0.717) is 6.42 Å². The molecule has 0 aromatic heterocycles. The molecule has 0 radical (unpaired) electrons. The smallest absolute Gasteiger partial charge is 0.143 e. The van der Waals surface area contributed by atoms with Gasteiger partial charge in [-0.3, -0.25) is 0 Å². The Kier molecular flexibility index (Phi) is 8.08. The summed E-state index contributed by atoms with van der Waals surface area (Å²) in [7, 11) is 3.31. The van der Waals surface area contributed by atoms with Crippen molar-refractivity contribution in [3.8, 4) is 11.5 Å². The predicted octanol–water partition coefficient (Wildman–Crippen LogP) is 5.77. The molecule has 0 aliphatic carbocycles. The molecule has 3 atom stereocenters. The van der Waals surface area contributed by atoms with E-state index < -0.39 is 17.8 Å². The number of benzene rings is 4. The van der Waals surface area contributed by atoms with Gasteiger partial charge in [0.05, 0.1) is 33.0 Å². The fourth-order valence-electron chi connectivity index (χ4n) is 5.25. The normalized spacial score (nSPS) is 19.3. The lowest BCUT2D eigenvalue weighted by Gasteiger charge is -2.37. The van der Waals surface area contributed by atoms with Crippen molar-refractivity contribution in [2.75, 3.05) is 20.8 Å². The molecule has 1 fully saturated rings. The minimum atomic E-state index is -0.944. The molecule has 1 N–H and O–H groups in total. The molecule has 0 spiro atoms. The topological polar surface area (TPSA) is 57.2 Å². The molecule has 0 saturated carbocycles. The minimum Gasteiger partial charge on any atom is -0.497 e.